The molecule has 0 unspecified atom stereocenters. The molecule has 0 bridgehead atoms. The highest BCUT2D eigenvalue weighted by molar-refractivity contribution is 8.18. The number of carbonyl (C=O) groups is 3. The van der Waals surface area contributed by atoms with Gasteiger partial charge < -0.3 is 10.1 Å². The van der Waals surface area contributed by atoms with Gasteiger partial charge in [0.1, 0.15) is 18.4 Å². The largest absolute Gasteiger partial charge is 0.478 e. The molecule has 2 rings (SSSR count). The summed E-state index contributed by atoms with van der Waals surface area (Å²) in [6, 6.07) is 8.77. The standard InChI is InChI=1S/C18H19N3O4S/c1-12(2)10-20-16(22)11-21-17(23)15(26-18(21)24)9-13-5-3-4-6-14(13)25-8-7-19/h3-6,9,12H,8,10-11H2,1-2H3,(H,20,22)/b15-9-. The molecule has 8 heteroatoms. The third kappa shape index (κ3) is 5.10. The smallest absolute Gasteiger partial charge is 0.294 e. The number of hydrogen-bond donors (Lipinski definition) is 1. The first-order valence-electron chi connectivity index (χ1n) is 8.03. The van der Waals surface area contributed by atoms with E-state index in [9.17, 15) is 14.4 Å². The molecule has 0 aromatic heterocycles. The molecule has 26 heavy (non-hydrogen) atoms. The molecule has 0 atom stereocenters. The minimum absolute atomic E-state index is 0.123. The van der Waals surface area contributed by atoms with Gasteiger partial charge in [-0.3, -0.25) is 19.3 Å². The van der Waals surface area contributed by atoms with Gasteiger partial charge in [-0.25, -0.2) is 0 Å². The van der Waals surface area contributed by atoms with Crippen LogP contribution < -0.4 is 10.1 Å². The zero-order chi connectivity index (χ0) is 19.1. The number of ether oxygens (including phenoxy) is 1. The van der Waals surface area contributed by atoms with Crippen molar-refractivity contribution in [1.29, 1.82) is 5.26 Å². The van der Waals surface area contributed by atoms with Gasteiger partial charge in [-0.15, -0.1) is 0 Å². The molecular formula is C18H19N3O4S. The second-order valence-electron chi connectivity index (χ2n) is 5.95. The van der Waals surface area contributed by atoms with E-state index in [0.29, 0.717) is 17.9 Å². The lowest BCUT2D eigenvalue weighted by atomic mass is 10.2. The average molecular weight is 373 g/mol. The van der Waals surface area contributed by atoms with Crippen LogP contribution in [0.3, 0.4) is 0 Å². The molecule has 1 fully saturated rings. The molecule has 1 aromatic rings. The van der Waals surface area contributed by atoms with E-state index in [1.165, 1.54) is 6.08 Å². The average Bonchev–Trinajstić information content (AvgIpc) is 2.86. The minimum Gasteiger partial charge on any atom is -0.478 e. The Labute approximate surface area is 156 Å². The Morgan fingerprint density at radius 2 is 2.12 bits per heavy atom. The summed E-state index contributed by atoms with van der Waals surface area (Å²) in [5, 5.41) is 10.8. The summed E-state index contributed by atoms with van der Waals surface area (Å²) in [5.41, 5.74) is 0.581. The van der Waals surface area contributed by atoms with Gasteiger partial charge in [-0.1, -0.05) is 32.0 Å². The lowest BCUT2D eigenvalue weighted by Crippen LogP contribution is -2.40. The predicted molar refractivity (Wildman–Crippen MR) is 98.1 cm³/mol. The number of amides is 3. The fourth-order valence-corrected chi connectivity index (χ4v) is 2.97. The molecule has 1 aromatic carbocycles. The molecule has 1 heterocycles. The molecule has 0 saturated carbocycles. The molecule has 0 spiro atoms. The summed E-state index contributed by atoms with van der Waals surface area (Å²) in [6.07, 6.45) is 1.53. The lowest BCUT2D eigenvalue weighted by Gasteiger charge is -2.13. The van der Waals surface area contributed by atoms with Gasteiger partial charge >= 0.3 is 0 Å². The van der Waals surface area contributed by atoms with Crippen molar-refractivity contribution < 1.29 is 19.1 Å². The molecule has 7 nitrogen and oxygen atoms in total. The van der Waals surface area contributed by atoms with E-state index in [1.807, 2.05) is 19.9 Å². The Balaban J connectivity index is 2.12. The number of para-hydroxylation sites is 1. The number of benzene rings is 1. The van der Waals surface area contributed by atoms with Crippen molar-refractivity contribution in [1.82, 2.24) is 10.2 Å². The summed E-state index contributed by atoms with van der Waals surface area (Å²) >= 11 is 0.774. The van der Waals surface area contributed by atoms with E-state index in [4.69, 9.17) is 10.00 Å². The van der Waals surface area contributed by atoms with Crippen LogP contribution in [-0.2, 0) is 9.59 Å². The summed E-state index contributed by atoms with van der Waals surface area (Å²) in [7, 11) is 0. The molecule has 1 saturated heterocycles. The first kappa shape index (κ1) is 19.5. The SMILES string of the molecule is CC(C)CNC(=O)CN1C(=O)S/C(=C\c2ccccc2OCC#N)C1=O. The highest BCUT2D eigenvalue weighted by Gasteiger charge is 2.36. The molecule has 3 amide bonds. The maximum absolute atomic E-state index is 12.5. The lowest BCUT2D eigenvalue weighted by molar-refractivity contribution is -0.129. The molecule has 0 aliphatic carbocycles. The van der Waals surface area contributed by atoms with Crippen LogP contribution in [0, 0.1) is 17.2 Å². The van der Waals surface area contributed by atoms with Gasteiger partial charge in [0, 0.05) is 12.1 Å². The Hall–Kier alpha value is -2.79. The predicted octanol–water partition coefficient (Wildman–Crippen LogP) is 2.40. The summed E-state index contributed by atoms with van der Waals surface area (Å²) in [6.45, 7) is 3.96. The number of hydrogen-bond acceptors (Lipinski definition) is 6. The molecule has 1 N–H and O–H groups in total. The number of nitrogens with one attached hydrogen (secondary N) is 1. The fourth-order valence-electron chi connectivity index (χ4n) is 2.14. The normalized spacial score (nSPS) is 15.5. The van der Waals surface area contributed by atoms with Gasteiger partial charge in [-0.05, 0) is 29.8 Å². The van der Waals surface area contributed by atoms with Crippen LogP contribution >= 0.6 is 11.8 Å². The third-order valence-electron chi connectivity index (χ3n) is 3.38. The van der Waals surface area contributed by atoms with Crippen molar-refractivity contribution in [3.8, 4) is 11.8 Å². The van der Waals surface area contributed by atoms with E-state index in [2.05, 4.69) is 5.32 Å². The summed E-state index contributed by atoms with van der Waals surface area (Å²) in [4.78, 5) is 37.6. The van der Waals surface area contributed by atoms with Crippen molar-refractivity contribution >= 4 is 34.9 Å². The van der Waals surface area contributed by atoms with Gasteiger partial charge in [0.2, 0.25) is 5.91 Å². The Kier molecular flexibility index (Phi) is 6.81. The van der Waals surface area contributed by atoms with E-state index in [0.717, 1.165) is 16.7 Å². The van der Waals surface area contributed by atoms with Crippen molar-refractivity contribution in [3.05, 3.63) is 34.7 Å². The molecule has 1 aliphatic rings. The van der Waals surface area contributed by atoms with Gasteiger partial charge in [0.05, 0.1) is 4.91 Å². The van der Waals surface area contributed by atoms with Crippen molar-refractivity contribution in [3.63, 3.8) is 0 Å². The maximum atomic E-state index is 12.5. The number of nitriles is 1. The maximum Gasteiger partial charge on any atom is 0.294 e. The number of imide groups is 1. The number of nitrogens with zero attached hydrogens (tertiary/aromatic N) is 2. The summed E-state index contributed by atoms with van der Waals surface area (Å²) < 4.78 is 5.32. The number of carbonyl (C=O) groups excluding carboxylic acids is 3. The van der Waals surface area contributed by atoms with Gasteiger partial charge in [0.25, 0.3) is 11.1 Å². The molecule has 0 radical (unpaired) electrons. The third-order valence-corrected chi connectivity index (χ3v) is 4.29. The summed E-state index contributed by atoms with van der Waals surface area (Å²) in [5.74, 6) is -0.177. The highest BCUT2D eigenvalue weighted by Crippen LogP contribution is 2.33. The van der Waals surface area contributed by atoms with Crippen LogP contribution in [0.2, 0.25) is 0 Å². The second kappa shape index (κ2) is 9.06. The zero-order valence-corrected chi connectivity index (χ0v) is 15.3. The number of rotatable bonds is 7. The van der Waals surface area contributed by atoms with Crippen LogP contribution in [0.1, 0.15) is 19.4 Å². The molecule has 1 aliphatic heterocycles. The Morgan fingerprint density at radius 3 is 2.81 bits per heavy atom. The van der Waals surface area contributed by atoms with Crippen molar-refractivity contribution in [2.45, 2.75) is 13.8 Å². The second-order valence-corrected chi connectivity index (χ2v) is 6.94. The highest BCUT2D eigenvalue weighted by atomic mass is 32.2. The Morgan fingerprint density at radius 1 is 1.38 bits per heavy atom. The van der Waals surface area contributed by atoms with E-state index >= 15 is 0 Å². The number of thioether (sulfide) groups is 1. The van der Waals surface area contributed by atoms with Gasteiger partial charge in [-0.2, -0.15) is 5.26 Å². The topological polar surface area (TPSA) is 99.5 Å². The first-order chi connectivity index (χ1) is 12.4. The van der Waals surface area contributed by atoms with Gasteiger partial charge in [0.15, 0.2) is 6.61 Å². The minimum atomic E-state index is -0.519. The van der Waals surface area contributed by atoms with Crippen LogP contribution in [0.5, 0.6) is 5.75 Å². The van der Waals surface area contributed by atoms with E-state index < -0.39 is 11.1 Å². The fraction of sp³-hybridized carbons (Fsp3) is 0.333. The first-order valence-corrected chi connectivity index (χ1v) is 8.85. The van der Waals surface area contributed by atoms with Crippen LogP contribution in [0.25, 0.3) is 6.08 Å². The molecular weight excluding hydrogens is 354 g/mol. The van der Waals surface area contributed by atoms with Crippen molar-refractivity contribution in [2.24, 2.45) is 5.92 Å². The van der Waals surface area contributed by atoms with E-state index in [-0.39, 0.29) is 29.9 Å². The van der Waals surface area contributed by atoms with Crippen molar-refractivity contribution in [2.75, 3.05) is 19.7 Å². The van der Waals surface area contributed by atoms with Crippen LogP contribution in [0.4, 0.5) is 4.79 Å². The van der Waals surface area contributed by atoms with Crippen LogP contribution in [0.15, 0.2) is 29.2 Å². The zero-order valence-electron chi connectivity index (χ0n) is 14.5. The quantitative estimate of drug-likeness (QED) is 0.737. The Bertz CT molecular complexity index is 783. The molecule has 136 valence electrons. The van der Waals surface area contributed by atoms with Crippen LogP contribution in [-0.4, -0.2) is 41.6 Å². The van der Waals surface area contributed by atoms with E-state index in [1.54, 1.807) is 24.3 Å². The monoisotopic (exact) mass is 373 g/mol.